The summed E-state index contributed by atoms with van der Waals surface area (Å²) in [5.74, 6) is 0.344. The van der Waals surface area contributed by atoms with E-state index in [0.29, 0.717) is 18.0 Å². The van der Waals surface area contributed by atoms with E-state index in [0.717, 1.165) is 12.0 Å². The van der Waals surface area contributed by atoms with Crippen LogP contribution < -0.4 is 11.0 Å². The lowest BCUT2D eigenvalue weighted by atomic mass is 10.1. The van der Waals surface area contributed by atoms with Crippen molar-refractivity contribution in [2.45, 2.75) is 6.42 Å². The summed E-state index contributed by atoms with van der Waals surface area (Å²) in [6.45, 7) is 0.636. The van der Waals surface area contributed by atoms with E-state index in [4.69, 9.17) is 0 Å². The molecule has 6 nitrogen and oxygen atoms in total. The van der Waals surface area contributed by atoms with Crippen LogP contribution in [0.3, 0.4) is 0 Å². The Bertz CT molecular complexity index is 777. The van der Waals surface area contributed by atoms with Gasteiger partial charge in [-0.3, -0.25) is 0 Å². The minimum absolute atomic E-state index is 0.242. The number of benzene rings is 1. The average Bonchev–Trinajstić information content (AvgIpc) is 2.83. The van der Waals surface area contributed by atoms with Gasteiger partial charge in [-0.25, -0.2) is 14.3 Å². The van der Waals surface area contributed by atoms with Gasteiger partial charge in [0.1, 0.15) is 11.6 Å². The summed E-state index contributed by atoms with van der Waals surface area (Å²) in [6.07, 6.45) is 0.736. The van der Waals surface area contributed by atoms with E-state index in [1.165, 1.54) is 16.6 Å². The van der Waals surface area contributed by atoms with Crippen molar-refractivity contribution < 1.29 is 4.39 Å². The summed E-state index contributed by atoms with van der Waals surface area (Å²) in [4.78, 5) is 11.4. The number of H-pyrrole nitrogens is 1. The van der Waals surface area contributed by atoms with Crippen molar-refractivity contribution in [3.05, 3.63) is 58.3 Å². The van der Waals surface area contributed by atoms with Crippen molar-refractivity contribution >= 4 is 11.5 Å². The van der Waals surface area contributed by atoms with Crippen LogP contribution in [0.25, 0.3) is 5.65 Å². The van der Waals surface area contributed by atoms with Crippen molar-refractivity contribution in [1.29, 1.82) is 0 Å². The van der Waals surface area contributed by atoms with E-state index in [-0.39, 0.29) is 11.5 Å². The van der Waals surface area contributed by atoms with Gasteiger partial charge in [0, 0.05) is 6.54 Å². The summed E-state index contributed by atoms with van der Waals surface area (Å²) in [7, 11) is 0. The fourth-order valence-corrected chi connectivity index (χ4v) is 1.88. The molecule has 0 bridgehead atoms. The van der Waals surface area contributed by atoms with E-state index in [9.17, 15) is 9.18 Å². The monoisotopic (exact) mass is 273 g/mol. The Kier molecular flexibility index (Phi) is 3.16. The Hall–Kier alpha value is -2.70. The lowest BCUT2D eigenvalue weighted by molar-refractivity contribution is 0.627. The molecule has 20 heavy (non-hydrogen) atoms. The normalized spacial score (nSPS) is 10.8. The molecule has 0 aliphatic heterocycles. The minimum atomic E-state index is -0.373. The second-order valence-electron chi connectivity index (χ2n) is 4.32. The third-order valence-corrected chi connectivity index (χ3v) is 2.91. The predicted octanol–water partition coefficient (Wildman–Crippen LogP) is 1.21. The van der Waals surface area contributed by atoms with Gasteiger partial charge in [-0.15, -0.1) is 5.10 Å². The molecule has 0 amide bonds. The standard InChI is InChI=1S/C13H12FN5O/c14-10-3-1-9(2-4-10)7-8-15-11-5-6-12-16-17-13(20)19(12)18-11/h1-6H,7-8H2,(H,15,18)(H,17,20). The summed E-state index contributed by atoms with van der Waals surface area (Å²) < 4.78 is 14.0. The Morgan fingerprint density at radius 2 is 2.00 bits per heavy atom. The molecule has 2 N–H and O–H groups in total. The summed E-state index contributed by atoms with van der Waals surface area (Å²) >= 11 is 0. The van der Waals surface area contributed by atoms with Crippen LogP contribution in [0.1, 0.15) is 5.56 Å². The van der Waals surface area contributed by atoms with Crippen LogP contribution in [-0.4, -0.2) is 26.4 Å². The van der Waals surface area contributed by atoms with Crippen LogP contribution in [0.4, 0.5) is 10.2 Å². The Morgan fingerprint density at radius 3 is 2.80 bits per heavy atom. The molecule has 0 unspecified atom stereocenters. The van der Waals surface area contributed by atoms with Crippen molar-refractivity contribution in [2.24, 2.45) is 0 Å². The number of aromatic nitrogens is 4. The topological polar surface area (TPSA) is 75.1 Å². The van der Waals surface area contributed by atoms with Crippen LogP contribution in [0.2, 0.25) is 0 Å². The van der Waals surface area contributed by atoms with Crippen LogP contribution >= 0.6 is 0 Å². The number of fused-ring (bicyclic) bond motifs is 1. The first-order valence-electron chi connectivity index (χ1n) is 6.15. The van der Waals surface area contributed by atoms with Crippen molar-refractivity contribution in [3.8, 4) is 0 Å². The Balaban J connectivity index is 1.66. The van der Waals surface area contributed by atoms with Gasteiger partial charge in [0.25, 0.3) is 0 Å². The van der Waals surface area contributed by atoms with Crippen molar-refractivity contribution in [1.82, 2.24) is 19.8 Å². The molecule has 2 heterocycles. The number of nitrogens with one attached hydrogen (secondary N) is 2. The molecule has 1 aromatic carbocycles. The van der Waals surface area contributed by atoms with Gasteiger partial charge in [0.05, 0.1) is 0 Å². The summed E-state index contributed by atoms with van der Waals surface area (Å²) in [6, 6.07) is 9.81. The predicted molar refractivity (Wildman–Crippen MR) is 72.2 cm³/mol. The molecular formula is C13H12FN5O. The molecule has 0 atom stereocenters. The van der Waals surface area contributed by atoms with E-state index in [2.05, 4.69) is 20.6 Å². The number of hydrogen-bond donors (Lipinski definition) is 2. The van der Waals surface area contributed by atoms with Crippen molar-refractivity contribution in [3.63, 3.8) is 0 Å². The zero-order valence-corrected chi connectivity index (χ0v) is 10.5. The maximum Gasteiger partial charge on any atom is 0.364 e. The fraction of sp³-hybridized carbons (Fsp3) is 0.154. The molecule has 0 aliphatic rings. The number of rotatable bonds is 4. The maximum atomic E-state index is 12.8. The molecule has 7 heteroatoms. The van der Waals surface area contributed by atoms with Crippen LogP contribution in [0.5, 0.6) is 0 Å². The Labute approximate surface area is 113 Å². The lowest BCUT2D eigenvalue weighted by Crippen LogP contribution is -2.14. The summed E-state index contributed by atoms with van der Waals surface area (Å²) in [5.41, 5.74) is 1.13. The number of nitrogens with zero attached hydrogens (tertiary/aromatic N) is 3. The fourth-order valence-electron chi connectivity index (χ4n) is 1.88. The third-order valence-electron chi connectivity index (χ3n) is 2.91. The van der Waals surface area contributed by atoms with Gasteiger partial charge in [0.2, 0.25) is 0 Å². The first-order valence-corrected chi connectivity index (χ1v) is 6.15. The van der Waals surface area contributed by atoms with Crippen molar-refractivity contribution in [2.75, 3.05) is 11.9 Å². The molecule has 0 saturated carbocycles. The maximum absolute atomic E-state index is 12.8. The third kappa shape index (κ3) is 2.51. The smallest absolute Gasteiger partial charge is 0.364 e. The first-order chi connectivity index (χ1) is 9.72. The van der Waals surface area contributed by atoms with E-state index >= 15 is 0 Å². The van der Waals surface area contributed by atoms with Gasteiger partial charge < -0.3 is 5.32 Å². The van der Waals surface area contributed by atoms with E-state index < -0.39 is 0 Å². The van der Waals surface area contributed by atoms with Crippen LogP contribution in [0.15, 0.2) is 41.2 Å². The zero-order valence-electron chi connectivity index (χ0n) is 10.5. The average molecular weight is 273 g/mol. The highest BCUT2D eigenvalue weighted by atomic mass is 19.1. The van der Waals surface area contributed by atoms with Gasteiger partial charge in [0.15, 0.2) is 5.65 Å². The highest BCUT2D eigenvalue weighted by Gasteiger charge is 2.02. The first kappa shape index (κ1) is 12.3. The molecule has 0 saturated heterocycles. The van der Waals surface area contributed by atoms with Gasteiger partial charge in [-0.05, 0) is 36.2 Å². The number of hydrogen-bond acceptors (Lipinski definition) is 4. The molecule has 102 valence electrons. The minimum Gasteiger partial charge on any atom is -0.368 e. The highest BCUT2D eigenvalue weighted by Crippen LogP contribution is 2.06. The Morgan fingerprint density at radius 1 is 1.20 bits per heavy atom. The summed E-state index contributed by atoms with van der Waals surface area (Å²) in [5, 5.41) is 13.3. The molecule has 0 fully saturated rings. The number of halogens is 1. The molecule has 0 aliphatic carbocycles. The SMILES string of the molecule is O=c1[nH]nc2ccc(NCCc3ccc(F)cc3)nn12. The van der Waals surface area contributed by atoms with Crippen LogP contribution in [-0.2, 0) is 6.42 Å². The highest BCUT2D eigenvalue weighted by molar-refractivity contribution is 5.43. The number of aromatic amines is 1. The largest absolute Gasteiger partial charge is 0.368 e. The van der Waals surface area contributed by atoms with E-state index in [1.807, 2.05) is 0 Å². The van der Waals surface area contributed by atoms with Gasteiger partial charge in [-0.2, -0.15) is 9.61 Å². The molecule has 3 rings (SSSR count). The quantitative estimate of drug-likeness (QED) is 0.749. The molecule has 3 aromatic rings. The second kappa shape index (κ2) is 5.12. The zero-order chi connectivity index (χ0) is 13.9. The molecule has 0 radical (unpaired) electrons. The van der Waals surface area contributed by atoms with E-state index in [1.54, 1.807) is 24.3 Å². The molecule has 2 aromatic heterocycles. The molecule has 0 spiro atoms. The second-order valence-corrected chi connectivity index (χ2v) is 4.32. The number of anilines is 1. The van der Waals surface area contributed by atoms with Gasteiger partial charge >= 0.3 is 5.69 Å². The lowest BCUT2D eigenvalue weighted by Gasteiger charge is -2.05. The van der Waals surface area contributed by atoms with Crippen LogP contribution in [0, 0.1) is 5.82 Å². The van der Waals surface area contributed by atoms with Gasteiger partial charge in [-0.1, -0.05) is 12.1 Å². The molecular weight excluding hydrogens is 261 g/mol.